The molecule has 4 nitrogen and oxygen atoms in total. The molecule has 27 heavy (non-hydrogen) atoms. The maximum atomic E-state index is 12.5. The third-order valence-corrected chi connectivity index (χ3v) is 10.6. The topological polar surface area (TPSA) is 55.8 Å². The van der Waals surface area contributed by atoms with E-state index in [2.05, 4.69) is 33.9 Å². The molecule has 1 fully saturated rings. The zero-order valence-corrected chi connectivity index (χ0v) is 18.7. The van der Waals surface area contributed by atoms with E-state index in [0.717, 1.165) is 5.56 Å². The maximum absolute atomic E-state index is 12.5. The summed E-state index contributed by atoms with van der Waals surface area (Å²) in [6, 6.07) is 9.88. The van der Waals surface area contributed by atoms with Gasteiger partial charge in [-0.2, -0.15) is 0 Å². The van der Waals surface area contributed by atoms with Gasteiger partial charge in [-0.05, 0) is 36.0 Å². The van der Waals surface area contributed by atoms with Crippen LogP contribution in [0.2, 0.25) is 18.1 Å². The molecule has 1 aromatic carbocycles. The van der Waals surface area contributed by atoms with Crippen molar-refractivity contribution in [3.05, 3.63) is 42.0 Å². The van der Waals surface area contributed by atoms with Crippen LogP contribution in [0.4, 0.5) is 0 Å². The van der Waals surface area contributed by atoms with E-state index in [9.17, 15) is 9.90 Å². The van der Waals surface area contributed by atoms with Crippen molar-refractivity contribution in [2.24, 2.45) is 11.8 Å². The van der Waals surface area contributed by atoms with Gasteiger partial charge in [-0.25, -0.2) is 4.79 Å². The fourth-order valence-corrected chi connectivity index (χ4v) is 4.93. The summed E-state index contributed by atoms with van der Waals surface area (Å²) in [4.78, 5) is 12.5. The van der Waals surface area contributed by atoms with Gasteiger partial charge in [-0.15, -0.1) is 0 Å². The quantitative estimate of drug-likeness (QED) is 0.587. The lowest BCUT2D eigenvalue weighted by Gasteiger charge is -2.41. The van der Waals surface area contributed by atoms with Gasteiger partial charge in [-0.1, -0.05) is 70.2 Å². The molecule has 1 aliphatic carbocycles. The number of carbonyl (C=O) groups excluding carboxylic acids is 1. The number of methoxy groups -OCH3 is 1. The van der Waals surface area contributed by atoms with Gasteiger partial charge in [-0.3, -0.25) is 0 Å². The summed E-state index contributed by atoms with van der Waals surface area (Å²) in [6.07, 6.45) is 3.99. The molecule has 0 aromatic heterocycles. The van der Waals surface area contributed by atoms with Crippen LogP contribution >= 0.6 is 0 Å². The molecule has 2 rings (SSSR count). The Bertz CT molecular complexity index is 677. The van der Waals surface area contributed by atoms with Crippen molar-refractivity contribution >= 4 is 20.4 Å². The molecule has 4 atom stereocenters. The molecule has 0 bridgehead atoms. The summed E-state index contributed by atoms with van der Waals surface area (Å²) in [5.41, 5.74) is -0.540. The smallest absolute Gasteiger partial charge is 0.338 e. The number of aliphatic hydroxyl groups is 1. The Morgan fingerprint density at radius 1 is 1.26 bits per heavy atom. The van der Waals surface area contributed by atoms with Crippen molar-refractivity contribution in [3.63, 3.8) is 0 Å². The van der Waals surface area contributed by atoms with Crippen molar-refractivity contribution < 1.29 is 19.1 Å². The van der Waals surface area contributed by atoms with Crippen LogP contribution in [0.15, 0.2) is 36.4 Å². The first-order valence-corrected chi connectivity index (χ1v) is 12.5. The second-order valence-electron chi connectivity index (χ2n) is 9.24. The highest BCUT2D eigenvalue weighted by Gasteiger charge is 2.57. The summed E-state index contributed by atoms with van der Waals surface area (Å²) in [5.74, 6) is -0.985. The fourth-order valence-electron chi connectivity index (χ4n) is 3.52. The Balaban J connectivity index is 2.40. The van der Waals surface area contributed by atoms with Gasteiger partial charge in [0.1, 0.15) is 0 Å². The fraction of sp³-hybridized carbons (Fsp3) is 0.591. The van der Waals surface area contributed by atoms with Crippen LogP contribution in [0.5, 0.6) is 0 Å². The van der Waals surface area contributed by atoms with Crippen LogP contribution in [0.1, 0.15) is 39.7 Å². The molecule has 0 spiro atoms. The van der Waals surface area contributed by atoms with Crippen molar-refractivity contribution in [2.45, 2.75) is 64.0 Å². The van der Waals surface area contributed by atoms with E-state index in [0.29, 0.717) is 6.42 Å². The number of hydrogen-bond acceptors (Lipinski definition) is 4. The average molecular weight is 391 g/mol. The van der Waals surface area contributed by atoms with Crippen LogP contribution in [0, 0.1) is 11.8 Å². The van der Waals surface area contributed by atoms with E-state index in [-0.39, 0.29) is 17.1 Å². The molecule has 0 radical (unpaired) electrons. The second-order valence-corrected chi connectivity index (χ2v) is 14.0. The number of carbonyl (C=O) groups is 1. The zero-order valence-electron chi connectivity index (χ0n) is 17.7. The zero-order chi connectivity index (χ0) is 20.5. The Morgan fingerprint density at radius 2 is 1.85 bits per heavy atom. The van der Waals surface area contributed by atoms with Crippen molar-refractivity contribution in [3.8, 4) is 0 Å². The van der Waals surface area contributed by atoms with Gasteiger partial charge in [0.25, 0.3) is 0 Å². The molecule has 0 saturated heterocycles. The molecule has 5 heteroatoms. The van der Waals surface area contributed by atoms with Crippen LogP contribution in [0.25, 0.3) is 6.08 Å². The first kappa shape index (κ1) is 21.9. The Labute approximate surface area is 164 Å². The minimum atomic E-state index is -2.07. The number of benzene rings is 1. The van der Waals surface area contributed by atoms with Gasteiger partial charge in [0.2, 0.25) is 0 Å². The van der Waals surface area contributed by atoms with Crippen LogP contribution < -0.4 is 0 Å². The van der Waals surface area contributed by atoms with E-state index in [1.54, 1.807) is 0 Å². The first-order chi connectivity index (χ1) is 12.4. The second kappa shape index (κ2) is 7.90. The highest BCUT2D eigenvalue weighted by molar-refractivity contribution is 6.74. The molecular weight excluding hydrogens is 356 g/mol. The van der Waals surface area contributed by atoms with Crippen molar-refractivity contribution in [1.29, 1.82) is 0 Å². The largest absolute Gasteiger partial charge is 0.467 e. The predicted octanol–water partition coefficient (Wildman–Crippen LogP) is 4.65. The molecule has 1 N–H and O–H groups in total. The summed E-state index contributed by atoms with van der Waals surface area (Å²) < 4.78 is 11.6. The molecule has 1 aromatic rings. The Kier molecular flexibility index (Phi) is 6.39. The standard InChI is InChI=1S/C22H34O4Si/c1-16-15-22(24,20(23)25-5)18(14-13-17-11-9-8-10-12-17)19(16)26-27(6,7)21(2,3)4/h8-14,16,18-19,24H,15H2,1-7H3/b14-13+/t16-,18-,19+,22+/m0/s1. The third-order valence-electron chi connectivity index (χ3n) is 6.17. The molecular formula is C22H34O4Si. The van der Waals surface area contributed by atoms with Crippen molar-refractivity contribution in [1.82, 2.24) is 0 Å². The molecule has 1 saturated carbocycles. The molecule has 150 valence electrons. The van der Waals surface area contributed by atoms with Crippen LogP contribution in [-0.4, -0.2) is 38.2 Å². The highest BCUT2D eigenvalue weighted by atomic mass is 28.4. The normalized spacial score (nSPS) is 29.3. The van der Waals surface area contributed by atoms with Gasteiger partial charge < -0.3 is 14.3 Å². The minimum Gasteiger partial charge on any atom is -0.467 e. The van der Waals surface area contributed by atoms with E-state index < -0.39 is 25.8 Å². The SMILES string of the molecule is COC(=O)[C@@]1(O)C[C@H](C)[C@@H](O[Si](C)(C)C(C)(C)C)[C@@H]1/C=C/c1ccccc1. The summed E-state index contributed by atoms with van der Waals surface area (Å²) >= 11 is 0. The van der Waals surface area contributed by atoms with E-state index >= 15 is 0 Å². The van der Waals surface area contributed by atoms with Gasteiger partial charge in [0.05, 0.1) is 13.2 Å². The molecule has 0 aliphatic heterocycles. The van der Waals surface area contributed by atoms with Crippen LogP contribution in [-0.2, 0) is 14.0 Å². The lowest BCUT2D eigenvalue weighted by molar-refractivity contribution is -0.165. The Morgan fingerprint density at radius 3 is 2.37 bits per heavy atom. The first-order valence-electron chi connectivity index (χ1n) is 9.64. The number of hydrogen-bond donors (Lipinski definition) is 1. The highest BCUT2D eigenvalue weighted by Crippen LogP contribution is 2.47. The minimum absolute atomic E-state index is 0.0480. The van der Waals surface area contributed by atoms with Gasteiger partial charge >= 0.3 is 5.97 Å². The third kappa shape index (κ3) is 4.53. The predicted molar refractivity (Wildman–Crippen MR) is 112 cm³/mol. The molecule has 0 unspecified atom stereocenters. The number of rotatable bonds is 5. The summed E-state index contributed by atoms with van der Waals surface area (Å²) in [5, 5.41) is 11.3. The number of ether oxygens (including phenoxy) is 1. The maximum Gasteiger partial charge on any atom is 0.338 e. The molecule has 0 amide bonds. The monoisotopic (exact) mass is 390 g/mol. The lowest BCUT2D eigenvalue weighted by Crippen LogP contribution is -2.49. The van der Waals surface area contributed by atoms with E-state index in [1.165, 1.54) is 7.11 Å². The molecule has 0 heterocycles. The van der Waals surface area contributed by atoms with E-state index in [4.69, 9.17) is 9.16 Å². The van der Waals surface area contributed by atoms with Crippen molar-refractivity contribution in [2.75, 3.05) is 7.11 Å². The van der Waals surface area contributed by atoms with Gasteiger partial charge in [0.15, 0.2) is 13.9 Å². The summed E-state index contributed by atoms with van der Waals surface area (Å²) in [6.45, 7) is 13.0. The lowest BCUT2D eigenvalue weighted by atomic mass is 9.89. The Hall–Kier alpha value is -1.43. The van der Waals surface area contributed by atoms with Crippen LogP contribution in [0.3, 0.4) is 0 Å². The summed E-state index contributed by atoms with van der Waals surface area (Å²) in [7, 11) is -0.742. The number of esters is 1. The van der Waals surface area contributed by atoms with Gasteiger partial charge in [0, 0.05) is 5.92 Å². The average Bonchev–Trinajstić information content (AvgIpc) is 2.83. The molecule has 1 aliphatic rings. The van der Waals surface area contributed by atoms with E-state index in [1.807, 2.05) is 49.4 Å².